The standard InChI is InChI=1S/C11H21NO/c1-4-6-7-8-9-10(3)12-11(13)5-2/h5,10H,2,4,6-9H2,1,3H3,(H,12,13). The van der Waals surface area contributed by atoms with Gasteiger partial charge in [0.25, 0.3) is 0 Å². The minimum absolute atomic E-state index is 0.0667. The summed E-state index contributed by atoms with van der Waals surface area (Å²) in [5, 5.41) is 2.85. The molecule has 1 amide bonds. The number of hydrogen-bond acceptors (Lipinski definition) is 1. The van der Waals surface area contributed by atoms with Gasteiger partial charge in [-0.2, -0.15) is 0 Å². The lowest BCUT2D eigenvalue weighted by atomic mass is 10.1. The average Bonchev–Trinajstić information content (AvgIpc) is 2.12. The fourth-order valence-corrected chi connectivity index (χ4v) is 1.25. The normalized spacial score (nSPS) is 12.2. The Hall–Kier alpha value is -0.790. The maximum atomic E-state index is 10.9. The van der Waals surface area contributed by atoms with Crippen LogP contribution in [0.2, 0.25) is 0 Å². The van der Waals surface area contributed by atoms with Crippen LogP contribution >= 0.6 is 0 Å². The second-order valence-corrected chi connectivity index (χ2v) is 3.46. The Morgan fingerprint density at radius 1 is 1.46 bits per heavy atom. The van der Waals surface area contributed by atoms with E-state index in [9.17, 15) is 4.79 Å². The van der Waals surface area contributed by atoms with Crippen LogP contribution in [0.3, 0.4) is 0 Å². The molecule has 0 saturated heterocycles. The Morgan fingerprint density at radius 2 is 2.15 bits per heavy atom. The Kier molecular flexibility index (Phi) is 7.36. The molecule has 2 nitrogen and oxygen atoms in total. The van der Waals surface area contributed by atoms with Gasteiger partial charge in [0.05, 0.1) is 0 Å². The van der Waals surface area contributed by atoms with Crippen LogP contribution in [0.25, 0.3) is 0 Å². The zero-order chi connectivity index (χ0) is 10.1. The third-order valence-corrected chi connectivity index (χ3v) is 2.06. The van der Waals surface area contributed by atoms with E-state index in [0.29, 0.717) is 0 Å². The van der Waals surface area contributed by atoms with Gasteiger partial charge in [-0.05, 0) is 19.4 Å². The summed E-state index contributed by atoms with van der Waals surface area (Å²) < 4.78 is 0. The molecule has 0 spiro atoms. The van der Waals surface area contributed by atoms with Crippen LogP contribution in [-0.4, -0.2) is 11.9 Å². The number of carbonyl (C=O) groups excluding carboxylic acids is 1. The summed E-state index contributed by atoms with van der Waals surface area (Å²) in [4.78, 5) is 10.9. The van der Waals surface area contributed by atoms with Gasteiger partial charge >= 0.3 is 0 Å². The molecule has 1 N–H and O–H groups in total. The van der Waals surface area contributed by atoms with E-state index in [2.05, 4.69) is 18.8 Å². The van der Waals surface area contributed by atoms with Gasteiger partial charge in [-0.1, -0.05) is 39.2 Å². The number of unbranched alkanes of at least 4 members (excludes halogenated alkanes) is 3. The molecule has 2 heteroatoms. The molecule has 0 heterocycles. The molecule has 76 valence electrons. The summed E-state index contributed by atoms with van der Waals surface area (Å²) >= 11 is 0. The predicted molar refractivity (Wildman–Crippen MR) is 56.6 cm³/mol. The largest absolute Gasteiger partial charge is 0.350 e. The van der Waals surface area contributed by atoms with Crippen molar-refractivity contribution in [2.75, 3.05) is 0 Å². The van der Waals surface area contributed by atoms with E-state index < -0.39 is 0 Å². The van der Waals surface area contributed by atoms with Crippen molar-refractivity contribution in [3.05, 3.63) is 12.7 Å². The van der Waals surface area contributed by atoms with E-state index in [1.807, 2.05) is 6.92 Å². The minimum Gasteiger partial charge on any atom is -0.350 e. The summed E-state index contributed by atoms with van der Waals surface area (Å²) in [5.41, 5.74) is 0. The van der Waals surface area contributed by atoms with E-state index in [1.165, 1.54) is 31.8 Å². The highest BCUT2D eigenvalue weighted by Gasteiger charge is 2.02. The van der Waals surface area contributed by atoms with Crippen LogP contribution in [0, 0.1) is 0 Å². The van der Waals surface area contributed by atoms with Gasteiger partial charge in [0.2, 0.25) is 5.91 Å². The zero-order valence-corrected chi connectivity index (χ0v) is 8.81. The smallest absolute Gasteiger partial charge is 0.243 e. The molecule has 0 rings (SSSR count). The summed E-state index contributed by atoms with van der Waals surface area (Å²) in [5.74, 6) is -0.0667. The highest BCUT2D eigenvalue weighted by Crippen LogP contribution is 2.04. The molecule has 0 aromatic carbocycles. The summed E-state index contributed by atoms with van der Waals surface area (Å²) in [6.45, 7) is 7.64. The number of nitrogens with one attached hydrogen (secondary N) is 1. The molecule has 0 aromatic heterocycles. The molecule has 1 unspecified atom stereocenters. The van der Waals surface area contributed by atoms with Crippen LogP contribution in [0.5, 0.6) is 0 Å². The van der Waals surface area contributed by atoms with Crippen molar-refractivity contribution in [1.29, 1.82) is 0 Å². The second kappa shape index (κ2) is 7.84. The molecular formula is C11H21NO. The number of amides is 1. The number of hydrogen-bond donors (Lipinski definition) is 1. The Morgan fingerprint density at radius 3 is 2.69 bits per heavy atom. The van der Waals surface area contributed by atoms with Gasteiger partial charge in [0.15, 0.2) is 0 Å². The highest BCUT2D eigenvalue weighted by atomic mass is 16.1. The first-order valence-electron chi connectivity index (χ1n) is 5.13. The van der Waals surface area contributed by atoms with Gasteiger partial charge in [-0.25, -0.2) is 0 Å². The molecule has 0 aliphatic rings. The molecule has 0 radical (unpaired) electrons. The van der Waals surface area contributed by atoms with Crippen LogP contribution in [-0.2, 0) is 4.79 Å². The highest BCUT2D eigenvalue weighted by molar-refractivity contribution is 5.87. The van der Waals surface area contributed by atoms with E-state index >= 15 is 0 Å². The molecule has 13 heavy (non-hydrogen) atoms. The van der Waals surface area contributed by atoms with Crippen molar-refractivity contribution >= 4 is 5.91 Å². The maximum absolute atomic E-state index is 10.9. The van der Waals surface area contributed by atoms with Gasteiger partial charge in [0.1, 0.15) is 0 Å². The Balaban J connectivity index is 3.34. The van der Waals surface area contributed by atoms with Crippen molar-refractivity contribution < 1.29 is 4.79 Å². The van der Waals surface area contributed by atoms with Gasteiger partial charge < -0.3 is 5.32 Å². The molecular weight excluding hydrogens is 162 g/mol. The average molecular weight is 183 g/mol. The lowest BCUT2D eigenvalue weighted by Gasteiger charge is -2.11. The second-order valence-electron chi connectivity index (χ2n) is 3.46. The van der Waals surface area contributed by atoms with Gasteiger partial charge in [0, 0.05) is 6.04 Å². The third kappa shape index (κ3) is 7.57. The lowest BCUT2D eigenvalue weighted by Crippen LogP contribution is -2.30. The minimum atomic E-state index is -0.0667. The summed E-state index contributed by atoms with van der Waals surface area (Å²) in [7, 11) is 0. The third-order valence-electron chi connectivity index (χ3n) is 2.06. The van der Waals surface area contributed by atoms with Gasteiger partial charge in [-0.3, -0.25) is 4.79 Å². The molecule has 0 bridgehead atoms. The van der Waals surface area contributed by atoms with Crippen molar-refractivity contribution in [2.24, 2.45) is 0 Å². The van der Waals surface area contributed by atoms with Crippen molar-refractivity contribution in [3.63, 3.8) is 0 Å². The quantitative estimate of drug-likeness (QED) is 0.477. The Bertz CT molecular complexity index is 154. The summed E-state index contributed by atoms with van der Waals surface area (Å²) in [6.07, 6.45) is 7.41. The van der Waals surface area contributed by atoms with Crippen molar-refractivity contribution in [3.8, 4) is 0 Å². The molecule has 1 atom stereocenters. The molecule has 0 fully saturated rings. The molecule has 0 saturated carbocycles. The van der Waals surface area contributed by atoms with Crippen molar-refractivity contribution in [2.45, 2.75) is 52.0 Å². The van der Waals surface area contributed by atoms with E-state index in [0.717, 1.165) is 6.42 Å². The van der Waals surface area contributed by atoms with Crippen molar-refractivity contribution in [1.82, 2.24) is 5.32 Å². The van der Waals surface area contributed by atoms with E-state index in [-0.39, 0.29) is 11.9 Å². The van der Waals surface area contributed by atoms with Crippen LogP contribution < -0.4 is 5.32 Å². The molecule has 0 aliphatic carbocycles. The monoisotopic (exact) mass is 183 g/mol. The van der Waals surface area contributed by atoms with Gasteiger partial charge in [-0.15, -0.1) is 0 Å². The number of carbonyl (C=O) groups is 1. The Labute approximate surface area is 81.4 Å². The maximum Gasteiger partial charge on any atom is 0.243 e. The topological polar surface area (TPSA) is 29.1 Å². The first-order valence-corrected chi connectivity index (χ1v) is 5.13. The first-order chi connectivity index (χ1) is 6.20. The molecule has 0 aliphatic heterocycles. The zero-order valence-electron chi connectivity index (χ0n) is 8.81. The summed E-state index contributed by atoms with van der Waals surface area (Å²) in [6, 6.07) is 0.280. The van der Waals surface area contributed by atoms with Crippen LogP contribution in [0.1, 0.15) is 46.0 Å². The lowest BCUT2D eigenvalue weighted by molar-refractivity contribution is -0.117. The predicted octanol–water partition coefficient (Wildman–Crippen LogP) is 2.65. The SMILES string of the molecule is C=CC(=O)NC(C)CCCCCC. The first kappa shape index (κ1) is 12.2. The van der Waals surface area contributed by atoms with Crippen LogP contribution in [0.4, 0.5) is 0 Å². The number of rotatable bonds is 7. The van der Waals surface area contributed by atoms with E-state index in [1.54, 1.807) is 0 Å². The van der Waals surface area contributed by atoms with Crippen LogP contribution in [0.15, 0.2) is 12.7 Å². The van der Waals surface area contributed by atoms with E-state index in [4.69, 9.17) is 0 Å². The molecule has 0 aromatic rings. The fraction of sp³-hybridized carbons (Fsp3) is 0.727. The fourth-order valence-electron chi connectivity index (χ4n) is 1.25.